The van der Waals surface area contributed by atoms with Crippen LogP contribution in [0.2, 0.25) is 0 Å². The second kappa shape index (κ2) is 3.77. The van der Waals surface area contributed by atoms with Gasteiger partial charge in [0.1, 0.15) is 11.5 Å². The molecule has 0 amide bonds. The van der Waals surface area contributed by atoms with Crippen LogP contribution in [0.15, 0.2) is 28.8 Å². The molecule has 1 N–H and O–H groups in total. The standard InChI is InChI=1S/C12H13NO2/c1-3-10-12(8(2)15-13-10)9-6-4-5-7-11(9)14/h4-7,14H,3H2,1-2H3. The summed E-state index contributed by atoms with van der Waals surface area (Å²) in [5.41, 5.74) is 2.58. The van der Waals surface area contributed by atoms with Crippen LogP contribution in [0.4, 0.5) is 0 Å². The number of para-hydroxylation sites is 1. The third kappa shape index (κ3) is 1.61. The van der Waals surface area contributed by atoms with Crippen molar-refractivity contribution < 1.29 is 9.63 Å². The van der Waals surface area contributed by atoms with Crippen LogP contribution in [0.25, 0.3) is 11.1 Å². The summed E-state index contributed by atoms with van der Waals surface area (Å²) >= 11 is 0. The summed E-state index contributed by atoms with van der Waals surface area (Å²) in [5, 5.41) is 13.7. The first kappa shape index (κ1) is 9.77. The van der Waals surface area contributed by atoms with E-state index in [1.54, 1.807) is 12.1 Å². The number of aryl methyl sites for hydroxylation is 2. The molecule has 0 atom stereocenters. The van der Waals surface area contributed by atoms with E-state index >= 15 is 0 Å². The van der Waals surface area contributed by atoms with Crippen LogP contribution >= 0.6 is 0 Å². The Morgan fingerprint density at radius 2 is 2.07 bits per heavy atom. The molecule has 0 unspecified atom stereocenters. The molecule has 0 radical (unpaired) electrons. The molecule has 0 aliphatic carbocycles. The summed E-state index contributed by atoms with van der Waals surface area (Å²) in [5.74, 6) is 1.01. The molecule has 3 heteroatoms. The van der Waals surface area contributed by atoms with Crippen molar-refractivity contribution in [2.45, 2.75) is 20.3 Å². The van der Waals surface area contributed by atoms with Gasteiger partial charge in [-0.15, -0.1) is 0 Å². The third-order valence-electron chi connectivity index (χ3n) is 2.44. The zero-order valence-corrected chi connectivity index (χ0v) is 8.82. The second-order valence-corrected chi connectivity index (χ2v) is 3.43. The van der Waals surface area contributed by atoms with Crippen LogP contribution in [0, 0.1) is 6.92 Å². The van der Waals surface area contributed by atoms with Gasteiger partial charge in [-0.25, -0.2) is 0 Å². The summed E-state index contributed by atoms with van der Waals surface area (Å²) in [6, 6.07) is 7.23. The van der Waals surface area contributed by atoms with Gasteiger partial charge in [0.15, 0.2) is 0 Å². The molecule has 1 aromatic carbocycles. The van der Waals surface area contributed by atoms with Gasteiger partial charge in [0.05, 0.1) is 11.3 Å². The fourth-order valence-corrected chi connectivity index (χ4v) is 1.69. The lowest BCUT2D eigenvalue weighted by Crippen LogP contribution is -1.86. The first-order chi connectivity index (χ1) is 7.24. The highest BCUT2D eigenvalue weighted by atomic mass is 16.5. The number of aromatic nitrogens is 1. The number of nitrogens with zero attached hydrogens (tertiary/aromatic N) is 1. The van der Waals surface area contributed by atoms with Gasteiger partial charge in [0.2, 0.25) is 0 Å². The van der Waals surface area contributed by atoms with E-state index in [2.05, 4.69) is 5.16 Å². The first-order valence-corrected chi connectivity index (χ1v) is 4.97. The fourth-order valence-electron chi connectivity index (χ4n) is 1.69. The number of rotatable bonds is 2. The molecule has 0 spiro atoms. The fraction of sp³-hybridized carbons (Fsp3) is 0.250. The molecule has 2 aromatic rings. The monoisotopic (exact) mass is 203 g/mol. The van der Waals surface area contributed by atoms with Crippen LogP contribution < -0.4 is 0 Å². The van der Waals surface area contributed by atoms with E-state index in [0.717, 1.165) is 29.0 Å². The molecule has 0 saturated heterocycles. The summed E-state index contributed by atoms with van der Waals surface area (Å²) in [7, 11) is 0. The van der Waals surface area contributed by atoms with Crippen molar-refractivity contribution in [2.75, 3.05) is 0 Å². The molecule has 1 aromatic heterocycles. The Kier molecular flexibility index (Phi) is 2.46. The predicted octanol–water partition coefficient (Wildman–Crippen LogP) is 2.92. The van der Waals surface area contributed by atoms with Crippen molar-refractivity contribution in [1.82, 2.24) is 5.16 Å². The maximum atomic E-state index is 9.76. The lowest BCUT2D eigenvalue weighted by molar-refractivity contribution is 0.391. The predicted molar refractivity (Wildman–Crippen MR) is 57.7 cm³/mol. The number of phenols is 1. The number of benzene rings is 1. The summed E-state index contributed by atoms with van der Waals surface area (Å²) in [4.78, 5) is 0. The largest absolute Gasteiger partial charge is 0.507 e. The van der Waals surface area contributed by atoms with Gasteiger partial charge in [0, 0.05) is 5.56 Å². The number of hydrogen-bond acceptors (Lipinski definition) is 3. The van der Waals surface area contributed by atoms with Gasteiger partial charge in [-0.05, 0) is 19.4 Å². The van der Waals surface area contributed by atoms with Crippen molar-refractivity contribution in [2.24, 2.45) is 0 Å². The van der Waals surface area contributed by atoms with Crippen LogP contribution in [0.1, 0.15) is 18.4 Å². The zero-order valence-electron chi connectivity index (χ0n) is 8.82. The van der Waals surface area contributed by atoms with Crippen LogP contribution in [0.5, 0.6) is 5.75 Å². The average molecular weight is 203 g/mol. The Labute approximate surface area is 88.3 Å². The average Bonchev–Trinajstić information content (AvgIpc) is 2.60. The number of hydrogen-bond donors (Lipinski definition) is 1. The Morgan fingerprint density at radius 1 is 1.33 bits per heavy atom. The van der Waals surface area contributed by atoms with Crippen molar-refractivity contribution in [3.63, 3.8) is 0 Å². The van der Waals surface area contributed by atoms with Crippen LogP contribution in [0.3, 0.4) is 0 Å². The van der Waals surface area contributed by atoms with Crippen molar-refractivity contribution in [3.05, 3.63) is 35.7 Å². The smallest absolute Gasteiger partial charge is 0.141 e. The molecule has 0 aliphatic rings. The molecule has 78 valence electrons. The minimum atomic E-state index is 0.263. The second-order valence-electron chi connectivity index (χ2n) is 3.43. The van der Waals surface area contributed by atoms with E-state index in [4.69, 9.17) is 4.52 Å². The van der Waals surface area contributed by atoms with Gasteiger partial charge in [0.25, 0.3) is 0 Å². The Bertz CT molecular complexity index is 474. The van der Waals surface area contributed by atoms with Gasteiger partial charge in [-0.2, -0.15) is 0 Å². The Morgan fingerprint density at radius 3 is 2.73 bits per heavy atom. The molecule has 0 saturated carbocycles. The number of aromatic hydroxyl groups is 1. The van der Waals surface area contributed by atoms with Gasteiger partial charge >= 0.3 is 0 Å². The highest BCUT2D eigenvalue weighted by Gasteiger charge is 2.15. The van der Waals surface area contributed by atoms with E-state index < -0.39 is 0 Å². The summed E-state index contributed by atoms with van der Waals surface area (Å²) in [6.45, 7) is 3.87. The highest BCUT2D eigenvalue weighted by Crippen LogP contribution is 2.33. The quantitative estimate of drug-likeness (QED) is 0.816. The molecule has 15 heavy (non-hydrogen) atoms. The van der Waals surface area contributed by atoms with Gasteiger partial charge < -0.3 is 9.63 Å². The third-order valence-corrected chi connectivity index (χ3v) is 2.44. The number of phenolic OH excluding ortho intramolecular Hbond substituents is 1. The van der Waals surface area contributed by atoms with Crippen molar-refractivity contribution in [1.29, 1.82) is 0 Å². The van der Waals surface area contributed by atoms with E-state index in [9.17, 15) is 5.11 Å². The first-order valence-electron chi connectivity index (χ1n) is 4.97. The maximum absolute atomic E-state index is 9.76. The molecule has 0 aliphatic heterocycles. The molecule has 0 bridgehead atoms. The maximum Gasteiger partial charge on any atom is 0.141 e. The SMILES string of the molecule is CCc1noc(C)c1-c1ccccc1O. The van der Waals surface area contributed by atoms with Crippen LogP contribution in [-0.2, 0) is 6.42 Å². The summed E-state index contributed by atoms with van der Waals surface area (Å²) < 4.78 is 5.13. The topological polar surface area (TPSA) is 46.3 Å². The molecule has 3 nitrogen and oxygen atoms in total. The van der Waals surface area contributed by atoms with E-state index in [1.165, 1.54) is 0 Å². The van der Waals surface area contributed by atoms with Crippen LogP contribution in [-0.4, -0.2) is 10.3 Å². The van der Waals surface area contributed by atoms with Crippen molar-refractivity contribution in [3.8, 4) is 16.9 Å². The van der Waals surface area contributed by atoms with Gasteiger partial charge in [-0.1, -0.05) is 30.3 Å². The molecule has 2 rings (SSSR count). The minimum Gasteiger partial charge on any atom is -0.507 e. The highest BCUT2D eigenvalue weighted by molar-refractivity contribution is 5.73. The molecular formula is C12H13NO2. The molecule has 0 fully saturated rings. The van der Waals surface area contributed by atoms with Crippen molar-refractivity contribution >= 4 is 0 Å². The Hall–Kier alpha value is -1.77. The van der Waals surface area contributed by atoms with E-state index in [-0.39, 0.29) is 5.75 Å². The summed E-state index contributed by atoms with van der Waals surface area (Å²) in [6.07, 6.45) is 0.793. The van der Waals surface area contributed by atoms with Gasteiger partial charge in [-0.3, -0.25) is 0 Å². The normalized spacial score (nSPS) is 10.5. The lowest BCUT2D eigenvalue weighted by Gasteiger charge is -2.03. The van der Waals surface area contributed by atoms with E-state index in [0.29, 0.717) is 0 Å². The zero-order chi connectivity index (χ0) is 10.8. The lowest BCUT2D eigenvalue weighted by atomic mass is 10.0. The Balaban J connectivity index is 2.63. The molecule has 1 heterocycles. The molecular weight excluding hydrogens is 190 g/mol. The van der Waals surface area contributed by atoms with E-state index in [1.807, 2.05) is 26.0 Å². The minimum absolute atomic E-state index is 0.263.